The molecular weight excluding hydrogens is 573 g/mol. The van der Waals surface area contributed by atoms with Crippen molar-refractivity contribution in [3.8, 4) is 17.2 Å². The van der Waals surface area contributed by atoms with Gasteiger partial charge in [-0.2, -0.15) is 0 Å². The highest BCUT2D eigenvalue weighted by molar-refractivity contribution is 8.18. The van der Waals surface area contributed by atoms with E-state index >= 15 is 0 Å². The van der Waals surface area contributed by atoms with E-state index in [-0.39, 0.29) is 46.7 Å². The second-order valence-corrected chi connectivity index (χ2v) is 10.0. The zero-order valence-electron chi connectivity index (χ0n) is 19.9. The van der Waals surface area contributed by atoms with Gasteiger partial charge < -0.3 is 14.2 Å². The van der Waals surface area contributed by atoms with Gasteiger partial charge in [0.05, 0.1) is 33.7 Å². The predicted octanol–water partition coefficient (Wildman–Crippen LogP) is 7.38. The number of amides is 2. The van der Waals surface area contributed by atoms with E-state index < -0.39 is 17.1 Å². The van der Waals surface area contributed by atoms with E-state index in [0.29, 0.717) is 21.4 Å². The number of hydrogen-bond acceptors (Lipinski definition) is 7. The molecule has 0 bridgehead atoms. The Bertz CT molecular complexity index is 1430. The molecule has 4 rings (SSSR count). The minimum atomic E-state index is -0.664. The molecule has 38 heavy (non-hydrogen) atoms. The van der Waals surface area contributed by atoms with Gasteiger partial charge in [0, 0.05) is 5.02 Å². The number of hydrogen-bond donors (Lipinski definition) is 0. The molecule has 1 aliphatic rings. The topological polar surface area (TPSA) is 82.1 Å². The molecule has 0 atom stereocenters. The van der Waals surface area contributed by atoms with Gasteiger partial charge in [0.1, 0.15) is 12.4 Å². The zero-order chi connectivity index (χ0) is 27.2. The zero-order valence-corrected chi connectivity index (χ0v) is 23.0. The number of thioether (sulfide) groups is 1. The summed E-state index contributed by atoms with van der Waals surface area (Å²) in [5.74, 6) is -0.433. The summed E-state index contributed by atoms with van der Waals surface area (Å²) in [6, 6.07) is 16.3. The number of carbonyl (C=O) groups excluding carboxylic acids is 3. The predicted molar refractivity (Wildman–Crippen MR) is 149 cm³/mol. The molecular formula is C27H20Cl3NO6S. The van der Waals surface area contributed by atoms with E-state index in [1.807, 2.05) is 0 Å². The molecule has 0 aromatic heterocycles. The van der Waals surface area contributed by atoms with Crippen molar-refractivity contribution < 1.29 is 28.6 Å². The van der Waals surface area contributed by atoms with Crippen LogP contribution in [0, 0.1) is 0 Å². The molecule has 11 heteroatoms. The molecule has 2 amide bonds. The summed E-state index contributed by atoms with van der Waals surface area (Å²) >= 11 is 19.3. The smallest absolute Gasteiger partial charge is 0.343 e. The maximum absolute atomic E-state index is 12.9. The molecule has 3 aromatic rings. The molecule has 196 valence electrons. The van der Waals surface area contributed by atoms with Crippen LogP contribution in [0.5, 0.6) is 17.2 Å². The van der Waals surface area contributed by atoms with E-state index in [9.17, 15) is 14.4 Å². The Balaban J connectivity index is 1.50. The number of carbonyl (C=O) groups is 3. The Morgan fingerprint density at radius 3 is 2.47 bits per heavy atom. The van der Waals surface area contributed by atoms with Crippen molar-refractivity contribution in [2.45, 2.75) is 6.92 Å². The van der Waals surface area contributed by atoms with Gasteiger partial charge in [0.25, 0.3) is 11.1 Å². The lowest BCUT2D eigenvalue weighted by atomic mass is 10.1. The molecule has 0 saturated carbocycles. The van der Waals surface area contributed by atoms with Crippen LogP contribution >= 0.6 is 46.6 Å². The lowest BCUT2D eigenvalue weighted by Crippen LogP contribution is -2.32. The third kappa shape index (κ3) is 6.63. The van der Waals surface area contributed by atoms with Gasteiger partial charge in [-0.25, -0.2) is 4.79 Å². The van der Waals surface area contributed by atoms with Gasteiger partial charge >= 0.3 is 5.97 Å². The number of ether oxygens (including phenoxy) is 3. The Labute approximate surface area is 238 Å². The Kier molecular flexibility index (Phi) is 9.22. The van der Waals surface area contributed by atoms with Crippen molar-refractivity contribution in [2.75, 3.05) is 19.8 Å². The summed E-state index contributed by atoms with van der Waals surface area (Å²) < 4.78 is 16.8. The van der Waals surface area contributed by atoms with Crippen LogP contribution in [0.2, 0.25) is 15.1 Å². The fourth-order valence-corrected chi connectivity index (χ4v) is 4.96. The van der Waals surface area contributed by atoms with Gasteiger partial charge in [0.2, 0.25) is 0 Å². The highest BCUT2D eigenvalue weighted by Crippen LogP contribution is 2.39. The summed E-state index contributed by atoms with van der Waals surface area (Å²) in [4.78, 5) is 39.3. The van der Waals surface area contributed by atoms with E-state index in [4.69, 9.17) is 49.0 Å². The quantitative estimate of drug-likeness (QED) is 0.146. The first-order valence-corrected chi connectivity index (χ1v) is 13.3. The maximum Gasteiger partial charge on any atom is 0.343 e. The number of imide groups is 1. The summed E-state index contributed by atoms with van der Waals surface area (Å²) in [6.45, 7) is 2.17. The minimum Gasteiger partial charge on any atom is -0.490 e. The van der Waals surface area contributed by atoms with Crippen molar-refractivity contribution in [3.05, 3.63) is 91.8 Å². The second kappa shape index (κ2) is 12.6. The fraction of sp³-hybridized carbons (Fsp3) is 0.148. The first-order chi connectivity index (χ1) is 18.3. The van der Waals surface area contributed by atoms with E-state index in [1.54, 1.807) is 55.5 Å². The fourth-order valence-electron chi connectivity index (χ4n) is 3.45. The van der Waals surface area contributed by atoms with Crippen LogP contribution in [-0.4, -0.2) is 41.8 Å². The minimum absolute atomic E-state index is 0.0282. The van der Waals surface area contributed by atoms with Crippen LogP contribution in [0.4, 0.5) is 4.79 Å². The van der Waals surface area contributed by atoms with Crippen LogP contribution in [0.25, 0.3) is 6.08 Å². The van der Waals surface area contributed by atoms with Crippen molar-refractivity contribution >= 4 is 69.8 Å². The van der Waals surface area contributed by atoms with E-state index in [2.05, 4.69) is 0 Å². The van der Waals surface area contributed by atoms with Crippen LogP contribution < -0.4 is 14.2 Å². The molecule has 7 nitrogen and oxygen atoms in total. The van der Waals surface area contributed by atoms with Crippen LogP contribution in [0.1, 0.15) is 22.8 Å². The van der Waals surface area contributed by atoms with Gasteiger partial charge in [0.15, 0.2) is 11.5 Å². The van der Waals surface area contributed by atoms with Gasteiger partial charge in [-0.3, -0.25) is 14.5 Å². The molecule has 0 unspecified atom stereocenters. The lowest BCUT2D eigenvalue weighted by Gasteiger charge is -2.14. The Morgan fingerprint density at radius 2 is 1.74 bits per heavy atom. The molecule has 1 heterocycles. The largest absolute Gasteiger partial charge is 0.490 e. The van der Waals surface area contributed by atoms with E-state index in [1.165, 1.54) is 18.2 Å². The van der Waals surface area contributed by atoms with E-state index in [0.717, 1.165) is 16.7 Å². The Morgan fingerprint density at radius 1 is 0.947 bits per heavy atom. The molecule has 0 radical (unpaired) electrons. The van der Waals surface area contributed by atoms with Crippen molar-refractivity contribution in [2.24, 2.45) is 0 Å². The number of esters is 1. The van der Waals surface area contributed by atoms with Crippen LogP contribution in [-0.2, 0) is 4.79 Å². The van der Waals surface area contributed by atoms with Gasteiger partial charge in [-0.1, -0.05) is 53.0 Å². The van der Waals surface area contributed by atoms with Crippen LogP contribution in [0.3, 0.4) is 0 Å². The highest BCUT2D eigenvalue weighted by Gasteiger charge is 2.35. The summed E-state index contributed by atoms with van der Waals surface area (Å²) in [5, 5.41) is 0.484. The first-order valence-electron chi connectivity index (χ1n) is 11.3. The molecule has 1 saturated heterocycles. The second-order valence-electron chi connectivity index (χ2n) is 7.78. The average molecular weight is 593 g/mol. The van der Waals surface area contributed by atoms with Gasteiger partial charge in [-0.15, -0.1) is 0 Å². The summed E-state index contributed by atoms with van der Waals surface area (Å²) in [6.07, 6.45) is 1.52. The molecule has 0 N–H and O–H groups in total. The monoisotopic (exact) mass is 591 g/mol. The van der Waals surface area contributed by atoms with Crippen molar-refractivity contribution in [1.29, 1.82) is 0 Å². The molecule has 0 aliphatic carbocycles. The third-order valence-corrected chi connectivity index (χ3v) is 6.90. The van der Waals surface area contributed by atoms with Crippen molar-refractivity contribution in [1.82, 2.24) is 4.90 Å². The molecule has 1 aliphatic heterocycles. The maximum atomic E-state index is 12.9. The number of rotatable bonds is 9. The SMILES string of the molecule is CCOc1cc(/C=C2\SC(=O)N(CCOc3ccccc3Cl)C2=O)cc(Cl)c1OC(=O)c1cccc(Cl)c1. The first kappa shape index (κ1) is 27.9. The number of nitrogens with zero attached hydrogens (tertiary/aromatic N) is 1. The van der Waals surface area contributed by atoms with Crippen LogP contribution in [0.15, 0.2) is 65.6 Å². The molecule has 0 spiro atoms. The number of halogens is 3. The Hall–Kier alpha value is -3.17. The normalized spacial score (nSPS) is 14.2. The standard InChI is InChI=1S/C27H20Cl3NO6S/c1-2-35-22-13-16(12-20(30)24(22)37-26(33)17-6-5-7-18(28)15-17)14-23-25(32)31(27(34)38-23)10-11-36-21-9-4-3-8-19(21)29/h3-9,12-15H,2,10-11H2,1H3/b23-14-. The van der Waals surface area contributed by atoms with Gasteiger partial charge in [-0.05, 0) is 72.8 Å². The molecule has 3 aromatic carbocycles. The summed E-state index contributed by atoms with van der Waals surface area (Å²) in [7, 11) is 0. The average Bonchev–Trinajstić information content (AvgIpc) is 3.14. The summed E-state index contributed by atoms with van der Waals surface area (Å²) in [5.41, 5.74) is 0.728. The number of benzene rings is 3. The highest BCUT2D eigenvalue weighted by atomic mass is 35.5. The number of para-hydroxylation sites is 1. The molecule has 1 fully saturated rings. The lowest BCUT2D eigenvalue weighted by molar-refractivity contribution is -0.123. The third-order valence-electron chi connectivity index (χ3n) is 5.17. The van der Waals surface area contributed by atoms with Crippen molar-refractivity contribution in [3.63, 3.8) is 0 Å².